The number of ether oxygens (including phenoxy) is 1. The summed E-state index contributed by atoms with van der Waals surface area (Å²) in [6, 6.07) is 7.95. The minimum Gasteiger partial charge on any atom is -0.484 e. The predicted octanol–water partition coefficient (Wildman–Crippen LogP) is 4.20. The lowest BCUT2D eigenvalue weighted by Crippen LogP contribution is -2.30. The molecule has 0 bridgehead atoms. The summed E-state index contributed by atoms with van der Waals surface area (Å²) in [6.07, 6.45) is 8.26. The van der Waals surface area contributed by atoms with Crippen LogP contribution in [0.3, 0.4) is 0 Å². The normalized spacial score (nSPS) is 14.6. The molecule has 3 heteroatoms. The topological polar surface area (TPSA) is 38.3 Å². The highest BCUT2D eigenvalue weighted by molar-refractivity contribution is 5.77. The number of allylic oxidation sites excluding steroid dienone is 1. The highest BCUT2D eigenvalue weighted by atomic mass is 16.5. The summed E-state index contributed by atoms with van der Waals surface area (Å²) in [5.41, 5.74) is 2.76. The van der Waals surface area contributed by atoms with E-state index in [4.69, 9.17) is 4.74 Å². The number of benzene rings is 1. The van der Waals surface area contributed by atoms with Crippen LogP contribution in [0.4, 0.5) is 0 Å². The Morgan fingerprint density at radius 2 is 2.00 bits per heavy atom. The van der Waals surface area contributed by atoms with Crippen molar-refractivity contribution < 1.29 is 9.53 Å². The number of hydrogen-bond donors (Lipinski definition) is 1. The van der Waals surface area contributed by atoms with E-state index < -0.39 is 0 Å². The van der Waals surface area contributed by atoms with Crippen LogP contribution in [0.5, 0.6) is 5.75 Å². The smallest absolute Gasteiger partial charge is 0.257 e. The van der Waals surface area contributed by atoms with Crippen LogP contribution in [0.1, 0.15) is 57.4 Å². The lowest BCUT2D eigenvalue weighted by molar-refractivity contribution is -0.123. The van der Waals surface area contributed by atoms with Crippen LogP contribution in [0.25, 0.3) is 0 Å². The first kappa shape index (κ1) is 16.6. The molecule has 0 aliphatic heterocycles. The van der Waals surface area contributed by atoms with Crippen molar-refractivity contribution in [2.45, 2.75) is 51.9 Å². The second kappa shape index (κ2) is 8.62. The van der Waals surface area contributed by atoms with Gasteiger partial charge >= 0.3 is 0 Å². The van der Waals surface area contributed by atoms with E-state index in [9.17, 15) is 4.79 Å². The Bertz CT molecular complexity index is 503. The van der Waals surface area contributed by atoms with Crippen LogP contribution in [-0.2, 0) is 4.79 Å². The average Bonchev–Trinajstić information content (AvgIpc) is 2.54. The van der Waals surface area contributed by atoms with Crippen LogP contribution in [0.2, 0.25) is 0 Å². The number of rotatable bonds is 7. The first-order chi connectivity index (χ1) is 10.6. The highest BCUT2D eigenvalue weighted by Crippen LogP contribution is 2.20. The van der Waals surface area contributed by atoms with E-state index in [0.717, 1.165) is 12.2 Å². The van der Waals surface area contributed by atoms with E-state index in [1.165, 1.54) is 36.8 Å². The lowest BCUT2D eigenvalue weighted by Gasteiger charge is -2.13. The first-order valence-electron chi connectivity index (χ1n) is 8.32. The summed E-state index contributed by atoms with van der Waals surface area (Å²) in [7, 11) is 0. The molecule has 1 N–H and O–H groups in total. The summed E-state index contributed by atoms with van der Waals surface area (Å²) in [5.74, 6) is 1.20. The fourth-order valence-corrected chi connectivity index (χ4v) is 2.64. The largest absolute Gasteiger partial charge is 0.484 e. The van der Waals surface area contributed by atoms with Gasteiger partial charge in [-0.25, -0.2) is 0 Å². The molecule has 1 amide bonds. The summed E-state index contributed by atoms with van der Waals surface area (Å²) in [5, 5.41) is 2.93. The fraction of sp³-hybridized carbons (Fsp3) is 0.526. The molecule has 0 saturated carbocycles. The summed E-state index contributed by atoms with van der Waals surface area (Å²) >= 11 is 0. The Morgan fingerprint density at radius 1 is 1.23 bits per heavy atom. The monoisotopic (exact) mass is 301 g/mol. The number of hydrogen-bond acceptors (Lipinski definition) is 2. The van der Waals surface area contributed by atoms with Crippen LogP contribution >= 0.6 is 0 Å². The maximum absolute atomic E-state index is 11.8. The zero-order valence-corrected chi connectivity index (χ0v) is 13.7. The molecule has 0 saturated heterocycles. The molecule has 0 aromatic heterocycles. The summed E-state index contributed by atoms with van der Waals surface area (Å²) in [4.78, 5) is 11.8. The van der Waals surface area contributed by atoms with Gasteiger partial charge < -0.3 is 10.1 Å². The van der Waals surface area contributed by atoms with Gasteiger partial charge in [0.2, 0.25) is 0 Å². The first-order valence-corrected chi connectivity index (χ1v) is 8.32. The molecule has 1 aliphatic rings. The molecule has 120 valence electrons. The Balaban J connectivity index is 1.65. The zero-order valence-electron chi connectivity index (χ0n) is 13.7. The second-order valence-corrected chi connectivity index (χ2v) is 6.22. The van der Waals surface area contributed by atoms with Gasteiger partial charge in [0.15, 0.2) is 6.61 Å². The van der Waals surface area contributed by atoms with Gasteiger partial charge in [-0.15, -0.1) is 0 Å². The molecule has 1 aromatic rings. The zero-order chi connectivity index (χ0) is 15.8. The predicted molar refractivity (Wildman–Crippen MR) is 90.2 cm³/mol. The Labute approximate surface area is 133 Å². The Hall–Kier alpha value is -1.77. The molecular weight excluding hydrogens is 274 g/mol. The van der Waals surface area contributed by atoms with Crippen molar-refractivity contribution in [2.75, 3.05) is 13.2 Å². The molecule has 2 rings (SSSR count). The molecule has 0 fully saturated rings. The standard InChI is InChI=1S/C19H27NO2/c1-15(2)17-8-10-18(11-9-17)22-14-19(21)20-13-12-16-6-4-3-5-7-16/h6,8-11,15H,3-5,7,12-14H2,1-2H3,(H,20,21). The van der Waals surface area contributed by atoms with E-state index >= 15 is 0 Å². The Kier molecular flexibility index (Phi) is 6.50. The van der Waals surface area contributed by atoms with E-state index in [-0.39, 0.29) is 12.5 Å². The number of amides is 1. The average molecular weight is 301 g/mol. The number of carbonyl (C=O) groups excluding carboxylic acids is 1. The molecule has 0 spiro atoms. The van der Waals surface area contributed by atoms with Gasteiger partial charge in [0.05, 0.1) is 0 Å². The molecular formula is C19H27NO2. The van der Waals surface area contributed by atoms with Crippen LogP contribution in [0.15, 0.2) is 35.9 Å². The van der Waals surface area contributed by atoms with E-state index in [0.29, 0.717) is 12.5 Å². The van der Waals surface area contributed by atoms with Gasteiger partial charge in [0, 0.05) is 6.54 Å². The van der Waals surface area contributed by atoms with Crippen molar-refractivity contribution in [1.82, 2.24) is 5.32 Å². The molecule has 0 radical (unpaired) electrons. The molecule has 0 atom stereocenters. The van der Waals surface area contributed by atoms with Gasteiger partial charge in [-0.2, -0.15) is 0 Å². The summed E-state index contributed by atoms with van der Waals surface area (Å²) in [6.45, 7) is 5.11. The SMILES string of the molecule is CC(C)c1ccc(OCC(=O)NCCC2=CCCCC2)cc1. The van der Waals surface area contributed by atoms with Crippen molar-refractivity contribution >= 4 is 5.91 Å². The van der Waals surface area contributed by atoms with Crippen LogP contribution in [0, 0.1) is 0 Å². The highest BCUT2D eigenvalue weighted by Gasteiger charge is 2.06. The quantitative estimate of drug-likeness (QED) is 0.767. The van der Waals surface area contributed by atoms with Gasteiger partial charge in [-0.1, -0.05) is 37.6 Å². The van der Waals surface area contributed by atoms with Crippen molar-refractivity contribution in [3.05, 3.63) is 41.5 Å². The third kappa shape index (κ3) is 5.55. The number of carbonyl (C=O) groups is 1. The lowest BCUT2D eigenvalue weighted by atomic mass is 9.97. The maximum Gasteiger partial charge on any atom is 0.257 e. The second-order valence-electron chi connectivity index (χ2n) is 6.22. The third-order valence-corrected chi connectivity index (χ3v) is 4.07. The van der Waals surface area contributed by atoms with Gasteiger partial charge in [-0.05, 0) is 55.7 Å². The fourth-order valence-electron chi connectivity index (χ4n) is 2.64. The van der Waals surface area contributed by atoms with Gasteiger partial charge in [0.1, 0.15) is 5.75 Å². The van der Waals surface area contributed by atoms with Crippen molar-refractivity contribution in [1.29, 1.82) is 0 Å². The maximum atomic E-state index is 11.8. The van der Waals surface area contributed by atoms with Crippen LogP contribution < -0.4 is 10.1 Å². The van der Waals surface area contributed by atoms with Gasteiger partial charge in [0.25, 0.3) is 5.91 Å². The van der Waals surface area contributed by atoms with E-state index in [1.54, 1.807) is 0 Å². The van der Waals surface area contributed by atoms with Crippen LogP contribution in [-0.4, -0.2) is 19.1 Å². The summed E-state index contributed by atoms with van der Waals surface area (Å²) < 4.78 is 5.52. The molecule has 22 heavy (non-hydrogen) atoms. The molecule has 3 nitrogen and oxygen atoms in total. The minimum absolute atomic E-state index is 0.0515. The van der Waals surface area contributed by atoms with Crippen molar-refractivity contribution in [2.24, 2.45) is 0 Å². The van der Waals surface area contributed by atoms with Crippen molar-refractivity contribution in [3.8, 4) is 5.75 Å². The minimum atomic E-state index is -0.0515. The molecule has 1 aromatic carbocycles. The third-order valence-electron chi connectivity index (χ3n) is 4.07. The number of nitrogens with one attached hydrogen (secondary N) is 1. The molecule has 0 unspecified atom stereocenters. The Morgan fingerprint density at radius 3 is 2.64 bits per heavy atom. The van der Waals surface area contributed by atoms with Gasteiger partial charge in [-0.3, -0.25) is 4.79 Å². The van der Waals surface area contributed by atoms with E-state index in [2.05, 4.69) is 25.2 Å². The van der Waals surface area contributed by atoms with Crippen molar-refractivity contribution in [3.63, 3.8) is 0 Å². The van der Waals surface area contributed by atoms with E-state index in [1.807, 2.05) is 24.3 Å². The molecule has 1 aliphatic carbocycles. The molecule has 0 heterocycles.